The molecule has 1 fully saturated rings. The van der Waals surface area contributed by atoms with Crippen molar-refractivity contribution in [3.63, 3.8) is 0 Å². The van der Waals surface area contributed by atoms with Gasteiger partial charge < -0.3 is 4.90 Å². The van der Waals surface area contributed by atoms with E-state index in [0.29, 0.717) is 12.2 Å². The third-order valence-electron chi connectivity index (χ3n) is 4.81. The highest BCUT2D eigenvalue weighted by Gasteiger charge is 2.48. The number of rotatable bonds is 0. The molecule has 2 aliphatic carbocycles. The van der Waals surface area contributed by atoms with Crippen molar-refractivity contribution in [1.29, 1.82) is 0 Å². The highest BCUT2D eigenvalue weighted by atomic mass is 16.2. The Labute approximate surface area is 126 Å². The first-order valence-corrected chi connectivity index (χ1v) is 7.21. The van der Waals surface area contributed by atoms with E-state index in [9.17, 15) is 19.2 Å². The highest BCUT2D eigenvalue weighted by molar-refractivity contribution is 6.44. The van der Waals surface area contributed by atoms with Gasteiger partial charge in [0, 0.05) is 36.4 Å². The van der Waals surface area contributed by atoms with Crippen molar-refractivity contribution < 1.29 is 19.2 Å². The summed E-state index contributed by atoms with van der Waals surface area (Å²) in [5.74, 6) is -2.24. The lowest BCUT2D eigenvalue weighted by atomic mass is 9.78. The van der Waals surface area contributed by atoms with Crippen LogP contribution in [0.3, 0.4) is 0 Å². The molecular weight excluding hydrogens is 282 g/mol. The van der Waals surface area contributed by atoms with Crippen LogP contribution < -0.4 is 0 Å². The van der Waals surface area contributed by atoms with Gasteiger partial charge in [-0.05, 0) is 24.6 Å². The van der Waals surface area contributed by atoms with Crippen molar-refractivity contribution >= 4 is 23.1 Å². The molecular formula is C17H13NO4. The molecule has 0 saturated carbocycles. The van der Waals surface area contributed by atoms with E-state index in [-0.39, 0.29) is 18.1 Å². The van der Waals surface area contributed by atoms with E-state index in [1.54, 1.807) is 0 Å². The topological polar surface area (TPSA) is 71.5 Å². The normalized spacial score (nSPS) is 30.1. The second kappa shape index (κ2) is 4.22. The molecule has 110 valence electrons. The Bertz CT molecular complexity index is 793. The Morgan fingerprint density at radius 1 is 1.05 bits per heavy atom. The number of Topliss-reactive ketones (excluding diaryl/α,β-unsaturated/α-hetero) is 2. The van der Waals surface area contributed by atoms with Crippen LogP contribution in [0.15, 0.2) is 46.8 Å². The Morgan fingerprint density at radius 3 is 2.59 bits per heavy atom. The van der Waals surface area contributed by atoms with Gasteiger partial charge in [-0.2, -0.15) is 0 Å². The number of allylic oxidation sites excluding steroid dienone is 6. The second-order valence-corrected chi connectivity index (χ2v) is 6.09. The van der Waals surface area contributed by atoms with Gasteiger partial charge in [0.25, 0.3) is 0 Å². The molecule has 0 spiro atoms. The average Bonchev–Trinajstić information content (AvgIpc) is 2.87. The molecule has 0 amide bonds. The Balaban J connectivity index is 1.82. The molecule has 2 aliphatic heterocycles. The minimum absolute atomic E-state index is 0.0992. The molecule has 2 atom stereocenters. The van der Waals surface area contributed by atoms with Crippen molar-refractivity contribution in [2.45, 2.75) is 13.3 Å². The standard InChI is InChI=1S/C17H13NO4/c1-8-4-15(21)17(22)10-7-18-11(16(8)10)3-2-9-5-13(19)14(20)6-12(9)18/h2-4,6,10,16H,5,7H2,1H3. The zero-order valence-corrected chi connectivity index (χ0v) is 12.0. The second-order valence-electron chi connectivity index (χ2n) is 6.09. The first-order valence-electron chi connectivity index (χ1n) is 7.21. The zero-order valence-electron chi connectivity index (χ0n) is 12.0. The van der Waals surface area contributed by atoms with E-state index in [1.807, 2.05) is 24.0 Å². The molecule has 2 unspecified atom stereocenters. The number of carbonyl (C=O) groups is 4. The molecule has 4 rings (SSSR count). The van der Waals surface area contributed by atoms with Gasteiger partial charge in [0.2, 0.25) is 23.1 Å². The summed E-state index contributed by atoms with van der Waals surface area (Å²) in [5.41, 5.74) is 3.30. The number of fused-ring (bicyclic) bond motifs is 5. The lowest BCUT2D eigenvalue weighted by Gasteiger charge is -2.31. The maximum atomic E-state index is 12.2. The first kappa shape index (κ1) is 13.1. The van der Waals surface area contributed by atoms with Crippen molar-refractivity contribution in [2.75, 3.05) is 6.54 Å². The number of carbonyl (C=O) groups excluding carboxylic acids is 4. The number of nitrogens with zero attached hydrogens (tertiary/aromatic N) is 1. The molecule has 1 saturated heterocycles. The van der Waals surface area contributed by atoms with E-state index >= 15 is 0 Å². The Kier molecular flexibility index (Phi) is 2.52. The molecule has 0 N–H and O–H groups in total. The van der Waals surface area contributed by atoms with Crippen molar-refractivity contribution in [3.05, 3.63) is 46.8 Å². The summed E-state index contributed by atoms with van der Waals surface area (Å²) in [5, 5.41) is 0. The van der Waals surface area contributed by atoms with E-state index in [2.05, 4.69) is 0 Å². The van der Waals surface area contributed by atoms with Crippen molar-refractivity contribution in [1.82, 2.24) is 4.90 Å². The molecule has 5 heteroatoms. The largest absolute Gasteiger partial charge is 0.343 e. The van der Waals surface area contributed by atoms with E-state index in [0.717, 1.165) is 16.8 Å². The molecule has 0 aromatic rings. The van der Waals surface area contributed by atoms with Gasteiger partial charge in [-0.3, -0.25) is 19.2 Å². The summed E-state index contributed by atoms with van der Waals surface area (Å²) in [4.78, 5) is 49.1. The molecule has 0 bridgehead atoms. The van der Waals surface area contributed by atoms with Gasteiger partial charge in [0.1, 0.15) is 0 Å². The molecule has 2 heterocycles. The lowest BCUT2D eigenvalue weighted by Crippen LogP contribution is -2.33. The average molecular weight is 295 g/mol. The molecule has 0 radical (unpaired) electrons. The van der Waals surface area contributed by atoms with Crippen molar-refractivity contribution in [2.24, 2.45) is 11.8 Å². The number of hydrogen-bond acceptors (Lipinski definition) is 5. The predicted molar refractivity (Wildman–Crippen MR) is 76.3 cm³/mol. The molecule has 4 aliphatic rings. The van der Waals surface area contributed by atoms with Gasteiger partial charge in [0.15, 0.2) is 0 Å². The summed E-state index contributed by atoms with van der Waals surface area (Å²) in [6.45, 7) is 2.24. The predicted octanol–water partition coefficient (Wildman–Crippen LogP) is 0.882. The van der Waals surface area contributed by atoms with Crippen LogP contribution in [0.25, 0.3) is 0 Å². The third-order valence-corrected chi connectivity index (χ3v) is 4.81. The van der Waals surface area contributed by atoms with E-state index in [1.165, 1.54) is 12.2 Å². The summed E-state index contributed by atoms with van der Waals surface area (Å²) < 4.78 is 0. The summed E-state index contributed by atoms with van der Waals surface area (Å²) in [6.07, 6.45) is 6.62. The van der Waals surface area contributed by atoms with Crippen LogP contribution >= 0.6 is 0 Å². The van der Waals surface area contributed by atoms with Crippen molar-refractivity contribution in [3.8, 4) is 0 Å². The first-order chi connectivity index (χ1) is 10.5. The Hall–Kier alpha value is -2.56. The van der Waals surface area contributed by atoms with Crippen LogP contribution in [0.5, 0.6) is 0 Å². The highest BCUT2D eigenvalue weighted by Crippen LogP contribution is 2.46. The van der Waals surface area contributed by atoms with Crippen LogP contribution in [-0.4, -0.2) is 34.6 Å². The number of hydrogen-bond donors (Lipinski definition) is 0. The van der Waals surface area contributed by atoms with Gasteiger partial charge >= 0.3 is 0 Å². The third kappa shape index (κ3) is 1.59. The smallest absolute Gasteiger partial charge is 0.223 e. The van der Waals surface area contributed by atoms with E-state index in [4.69, 9.17) is 0 Å². The molecule has 22 heavy (non-hydrogen) atoms. The maximum absolute atomic E-state index is 12.2. The molecule has 0 aromatic carbocycles. The lowest BCUT2D eigenvalue weighted by molar-refractivity contribution is -0.137. The molecule has 0 aromatic heterocycles. The van der Waals surface area contributed by atoms with Crippen LogP contribution in [0, 0.1) is 11.8 Å². The minimum atomic E-state index is -0.502. The summed E-state index contributed by atoms with van der Waals surface area (Å²) in [7, 11) is 0. The SMILES string of the molecule is CC1=CC(=O)C(=O)C2CN3C4=CC(=O)C(=O)CC4=CC=C3C12. The fourth-order valence-corrected chi connectivity index (χ4v) is 3.78. The Morgan fingerprint density at radius 2 is 1.82 bits per heavy atom. The molecule has 5 nitrogen and oxygen atoms in total. The van der Waals surface area contributed by atoms with Crippen LogP contribution in [-0.2, 0) is 19.2 Å². The minimum Gasteiger partial charge on any atom is -0.343 e. The maximum Gasteiger partial charge on any atom is 0.223 e. The van der Waals surface area contributed by atoms with Crippen LogP contribution in [0.4, 0.5) is 0 Å². The summed E-state index contributed by atoms with van der Waals surface area (Å²) in [6, 6.07) is 0. The van der Waals surface area contributed by atoms with Gasteiger partial charge in [-0.1, -0.05) is 11.6 Å². The number of ketones is 4. The fourth-order valence-electron chi connectivity index (χ4n) is 3.78. The van der Waals surface area contributed by atoms with Gasteiger partial charge in [-0.15, -0.1) is 0 Å². The van der Waals surface area contributed by atoms with E-state index < -0.39 is 23.3 Å². The zero-order chi connectivity index (χ0) is 15.6. The fraction of sp³-hybridized carbons (Fsp3) is 0.294. The van der Waals surface area contributed by atoms with Gasteiger partial charge in [0.05, 0.1) is 5.92 Å². The monoisotopic (exact) mass is 295 g/mol. The summed E-state index contributed by atoms with van der Waals surface area (Å²) >= 11 is 0. The van der Waals surface area contributed by atoms with Crippen LogP contribution in [0.2, 0.25) is 0 Å². The van der Waals surface area contributed by atoms with Gasteiger partial charge in [-0.25, -0.2) is 0 Å². The quantitative estimate of drug-likeness (QED) is 0.620. The van der Waals surface area contributed by atoms with Crippen LogP contribution in [0.1, 0.15) is 13.3 Å².